The fourth-order valence-electron chi connectivity index (χ4n) is 6.94. The standard InChI is InChI=1S/C28H34FNO4S/c1-27(2)25-16-22-23(8-5-9-24(22)31)28(27,3)12-13-30(25)26(32)19-11-10-18(14-19)17-35(33,34)21-7-4-6-20(29)15-21/h4-9,15,18-19,25,31H,10-14,16-17H2,1-3H3/t18?,19-,25-,28+/m1/s1. The first-order valence-electron chi connectivity index (χ1n) is 12.5. The van der Waals surface area contributed by atoms with Crippen molar-refractivity contribution in [3.63, 3.8) is 0 Å². The summed E-state index contributed by atoms with van der Waals surface area (Å²) in [7, 11) is -3.61. The number of carbonyl (C=O) groups is 1. The van der Waals surface area contributed by atoms with Gasteiger partial charge in [-0.1, -0.05) is 39.0 Å². The van der Waals surface area contributed by atoms with E-state index in [1.807, 2.05) is 11.0 Å². The van der Waals surface area contributed by atoms with Crippen molar-refractivity contribution in [1.29, 1.82) is 0 Å². The van der Waals surface area contributed by atoms with Crippen LogP contribution in [-0.4, -0.2) is 42.7 Å². The van der Waals surface area contributed by atoms with Crippen molar-refractivity contribution in [3.8, 4) is 5.75 Å². The molecule has 0 aromatic heterocycles. The van der Waals surface area contributed by atoms with Gasteiger partial charge in [0.15, 0.2) is 9.84 Å². The molecule has 2 bridgehead atoms. The summed E-state index contributed by atoms with van der Waals surface area (Å²) >= 11 is 0. The Morgan fingerprint density at radius 2 is 1.89 bits per heavy atom. The molecule has 4 atom stereocenters. The van der Waals surface area contributed by atoms with E-state index in [9.17, 15) is 22.7 Å². The van der Waals surface area contributed by atoms with E-state index in [1.165, 1.54) is 23.8 Å². The molecular weight excluding hydrogens is 465 g/mol. The molecule has 1 N–H and O–H groups in total. The van der Waals surface area contributed by atoms with Gasteiger partial charge in [-0.15, -0.1) is 0 Å². The normalized spacial score (nSPS) is 29.6. The van der Waals surface area contributed by atoms with Gasteiger partial charge in [-0.2, -0.15) is 0 Å². The number of aromatic hydroxyl groups is 1. The molecular formula is C28H34FNO4S. The molecule has 7 heteroatoms. The molecule has 1 aliphatic heterocycles. The molecule has 1 unspecified atom stereocenters. The average Bonchev–Trinajstić information content (AvgIpc) is 3.24. The summed E-state index contributed by atoms with van der Waals surface area (Å²) in [4.78, 5) is 15.8. The van der Waals surface area contributed by atoms with Gasteiger partial charge in [-0.05, 0) is 78.8 Å². The maximum Gasteiger partial charge on any atom is 0.225 e. The molecule has 2 aromatic carbocycles. The van der Waals surface area contributed by atoms with Gasteiger partial charge in [-0.25, -0.2) is 12.8 Å². The second kappa shape index (κ2) is 8.32. The number of rotatable bonds is 4. The molecule has 35 heavy (non-hydrogen) atoms. The van der Waals surface area contributed by atoms with Crippen molar-refractivity contribution in [2.75, 3.05) is 12.3 Å². The first kappa shape index (κ1) is 24.3. The first-order chi connectivity index (χ1) is 16.4. The highest BCUT2D eigenvalue weighted by atomic mass is 32.2. The van der Waals surface area contributed by atoms with Crippen LogP contribution in [0, 0.1) is 23.1 Å². The van der Waals surface area contributed by atoms with Crippen LogP contribution in [0.4, 0.5) is 4.39 Å². The Hall–Kier alpha value is -2.41. The molecule has 1 heterocycles. The molecule has 3 aliphatic rings. The summed E-state index contributed by atoms with van der Waals surface area (Å²) in [5.74, 6) is -0.536. The lowest BCUT2D eigenvalue weighted by atomic mass is 9.51. The predicted molar refractivity (Wildman–Crippen MR) is 132 cm³/mol. The highest BCUT2D eigenvalue weighted by Gasteiger charge is 2.57. The van der Waals surface area contributed by atoms with E-state index < -0.39 is 15.7 Å². The number of hydrogen-bond acceptors (Lipinski definition) is 4. The number of hydrogen-bond donors (Lipinski definition) is 1. The Balaban J connectivity index is 1.33. The number of amides is 1. The monoisotopic (exact) mass is 499 g/mol. The topological polar surface area (TPSA) is 74.7 Å². The SMILES string of the molecule is CC1(C)[C@H]2Cc3c(O)cccc3[C@]1(C)CCN2C(=O)[C@@H]1CCC(CS(=O)(=O)c2cccc(F)c2)C1. The van der Waals surface area contributed by atoms with Crippen LogP contribution in [-0.2, 0) is 26.5 Å². The molecule has 1 amide bonds. The van der Waals surface area contributed by atoms with Crippen LogP contribution < -0.4 is 0 Å². The molecule has 2 aliphatic carbocycles. The lowest BCUT2D eigenvalue weighted by molar-refractivity contribution is -0.148. The van der Waals surface area contributed by atoms with E-state index >= 15 is 0 Å². The van der Waals surface area contributed by atoms with Crippen molar-refractivity contribution < 1.29 is 22.7 Å². The molecule has 5 nitrogen and oxygen atoms in total. The fourth-order valence-corrected chi connectivity index (χ4v) is 8.64. The zero-order chi connectivity index (χ0) is 25.2. The first-order valence-corrected chi connectivity index (χ1v) is 14.2. The highest BCUT2D eigenvalue weighted by Crippen LogP contribution is 2.57. The third-order valence-electron chi connectivity index (χ3n) is 9.41. The number of halogens is 1. The van der Waals surface area contributed by atoms with E-state index in [-0.39, 0.29) is 45.3 Å². The summed E-state index contributed by atoms with van der Waals surface area (Å²) in [6.07, 6.45) is 3.33. The predicted octanol–water partition coefficient (Wildman–Crippen LogP) is 4.86. The van der Waals surface area contributed by atoms with E-state index in [1.54, 1.807) is 6.07 Å². The summed E-state index contributed by atoms with van der Waals surface area (Å²) in [6.45, 7) is 7.38. The number of benzene rings is 2. The average molecular weight is 500 g/mol. The number of phenolic OH excluding ortho intramolecular Hbond substituents is 1. The van der Waals surface area contributed by atoms with Crippen molar-refractivity contribution in [3.05, 3.63) is 59.4 Å². The Labute approximate surface area is 207 Å². The molecule has 188 valence electrons. The van der Waals surface area contributed by atoms with Crippen molar-refractivity contribution in [1.82, 2.24) is 4.90 Å². The minimum atomic E-state index is -3.61. The zero-order valence-corrected chi connectivity index (χ0v) is 21.4. The van der Waals surface area contributed by atoms with E-state index in [0.717, 1.165) is 18.1 Å². The number of sulfone groups is 1. The summed E-state index contributed by atoms with van der Waals surface area (Å²) in [5, 5.41) is 10.6. The molecule has 0 spiro atoms. The van der Waals surface area contributed by atoms with Gasteiger partial charge >= 0.3 is 0 Å². The van der Waals surface area contributed by atoms with Gasteiger partial charge in [0.1, 0.15) is 11.6 Å². The van der Waals surface area contributed by atoms with Crippen LogP contribution in [0.5, 0.6) is 5.75 Å². The third-order valence-corrected chi connectivity index (χ3v) is 11.3. The number of likely N-dealkylation sites (tertiary alicyclic amines) is 1. The molecule has 0 radical (unpaired) electrons. The number of fused-ring (bicyclic) bond motifs is 4. The Morgan fingerprint density at radius 1 is 1.14 bits per heavy atom. The summed E-state index contributed by atoms with van der Waals surface area (Å²) in [6, 6.07) is 10.9. The third kappa shape index (κ3) is 3.87. The number of phenols is 1. The molecule has 1 saturated carbocycles. The Bertz CT molecular complexity index is 1270. The lowest BCUT2D eigenvalue weighted by Gasteiger charge is -2.61. The molecule has 2 fully saturated rings. The van der Waals surface area contributed by atoms with Crippen molar-refractivity contribution in [2.45, 2.75) is 69.2 Å². The molecule has 1 saturated heterocycles. The fraction of sp³-hybridized carbons (Fsp3) is 0.536. The van der Waals surface area contributed by atoms with E-state index in [4.69, 9.17) is 0 Å². The quantitative estimate of drug-likeness (QED) is 0.652. The van der Waals surface area contributed by atoms with Crippen molar-refractivity contribution in [2.24, 2.45) is 17.3 Å². The zero-order valence-electron chi connectivity index (χ0n) is 20.6. The second-order valence-electron chi connectivity index (χ2n) is 11.5. The minimum absolute atomic E-state index is 0.00465. The molecule has 5 rings (SSSR count). The number of piperidine rings is 1. The highest BCUT2D eigenvalue weighted by molar-refractivity contribution is 7.91. The van der Waals surface area contributed by atoms with Crippen LogP contribution in [0.2, 0.25) is 0 Å². The maximum atomic E-state index is 13.8. The van der Waals surface area contributed by atoms with Crippen LogP contribution in [0.3, 0.4) is 0 Å². The van der Waals surface area contributed by atoms with Crippen LogP contribution in [0.25, 0.3) is 0 Å². The lowest BCUT2D eigenvalue weighted by Crippen LogP contribution is -2.65. The summed E-state index contributed by atoms with van der Waals surface area (Å²) < 4.78 is 39.3. The largest absolute Gasteiger partial charge is 0.508 e. The second-order valence-corrected chi connectivity index (χ2v) is 13.5. The number of nitrogens with zero attached hydrogens (tertiary/aromatic N) is 1. The van der Waals surface area contributed by atoms with Gasteiger partial charge in [-0.3, -0.25) is 4.79 Å². The van der Waals surface area contributed by atoms with Crippen LogP contribution in [0.1, 0.15) is 57.6 Å². The summed E-state index contributed by atoms with van der Waals surface area (Å²) in [5.41, 5.74) is 1.83. The Kier molecular flexibility index (Phi) is 5.78. The Morgan fingerprint density at radius 3 is 2.63 bits per heavy atom. The van der Waals surface area contributed by atoms with Gasteiger partial charge < -0.3 is 10.0 Å². The van der Waals surface area contributed by atoms with Crippen LogP contribution in [0.15, 0.2) is 47.4 Å². The smallest absolute Gasteiger partial charge is 0.225 e. The van der Waals surface area contributed by atoms with Crippen molar-refractivity contribution >= 4 is 15.7 Å². The number of carbonyl (C=O) groups excluding carboxylic acids is 1. The van der Waals surface area contributed by atoms with Gasteiger partial charge in [0.25, 0.3) is 0 Å². The van der Waals surface area contributed by atoms with E-state index in [2.05, 4.69) is 26.8 Å². The van der Waals surface area contributed by atoms with E-state index in [0.29, 0.717) is 38.0 Å². The molecule has 2 aromatic rings. The minimum Gasteiger partial charge on any atom is -0.508 e. The van der Waals surface area contributed by atoms with Crippen LogP contribution >= 0.6 is 0 Å². The maximum absolute atomic E-state index is 13.8. The van der Waals surface area contributed by atoms with Gasteiger partial charge in [0.05, 0.1) is 10.6 Å². The van der Waals surface area contributed by atoms with Gasteiger partial charge in [0.2, 0.25) is 5.91 Å². The van der Waals surface area contributed by atoms with Gasteiger partial charge in [0, 0.05) is 23.9 Å².